The number of primary amides is 1. The number of anilines is 2. The number of hydrogen-bond donors (Lipinski definition) is 3. The van der Waals surface area contributed by atoms with Crippen molar-refractivity contribution in [3.63, 3.8) is 0 Å². The first-order valence-electron chi connectivity index (χ1n) is 6.19. The maximum Gasteiger partial charge on any atom is 0.250 e. The van der Waals surface area contributed by atoms with Crippen molar-refractivity contribution in [2.45, 2.75) is 13.0 Å². The van der Waals surface area contributed by atoms with Gasteiger partial charge < -0.3 is 16.8 Å². The van der Waals surface area contributed by atoms with Crippen molar-refractivity contribution in [1.29, 1.82) is 0 Å². The Morgan fingerprint density at radius 2 is 1.95 bits per heavy atom. The number of carbonyl (C=O) groups excluding carboxylic acids is 1. The van der Waals surface area contributed by atoms with Crippen LogP contribution in [0, 0.1) is 0 Å². The van der Waals surface area contributed by atoms with Gasteiger partial charge in [0, 0.05) is 16.4 Å². The largest absolute Gasteiger partial charge is 0.398 e. The van der Waals surface area contributed by atoms with Crippen LogP contribution >= 0.6 is 11.6 Å². The van der Waals surface area contributed by atoms with E-state index >= 15 is 0 Å². The van der Waals surface area contributed by atoms with E-state index in [4.69, 9.17) is 23.1 Å². The van der Waals surface area contributed by atoms with Gasteiger partial charge in [-0.25, -0.2) is 0 Å². The highest BCUT2D eigenvalue weighted by molar-refractivity contribution is 6.31. The summed E-state index contributed by atoms with van der Waals surface area (Å²) in [6, 6.07) is 12.4. The molecule has 1 amide bonds. The number of carbonyl (C=O) groups is 1. The lowest BCUT2D eigenvalue weighted by Crippen LogP contribution is -2.16. The van der Waals surface area contributed by atoms with Crippen LogP contribution in [0.2, 0.25) is 5.02 Å². The zero-order valence-corrected chi connectivity index (χ0v) is 11.8. The molecule has 0 radical (unpaired) electrons. The zero-order valence-electron chi connectivity index (χ0n) is 11.1. The molecule has 2 rings (SSSR count). The number of amides is 1. The molecule has 104 valence electrons. The second kappa shape index (κ2) is 5.84. The van der Waals surface area contributed by atoms with Crippen molar-refractivity contribution in [2.75, 3.05) is 11.1 Å². The van der Waals surface area contributed by atoms with E-state index in [9.17, 15) is 4.79 Å². The fraction of sp³-hybridized carbons (Fsp3) is 0.133. The molecule has 0 aliphatic carbocycles. The van der Waals surface area contributed by atoms with Crippen LogP contribution in [0.1, 0.15) is 28.9 Å². The Labute approximate surface area is 122 Å². The summed E-state index contributed by atoms with van der Waals surface area (Å²) in [6.07, 6.45) is 0. The monoisotopic (exact) mass is 289 g/mol. The van der Waals surface area contributed by atoms with Crippen molar-refractivity contribution in [3.8, 4) is 0 Å². The van der Waals surface area contributed by atoms with E-state index in [1.54, 1.807) is 18.2 Å². The van der Waals surface area contributed by atoms with Crippen LogP contribution in [0.15, 0.2) is 42.5 Å². The molecule has 2 aromatic carbocycles. The molecule has 1 unspecified atom stereocenters. The molecule has 0 fully saturated rings. The number of hydrogen-bond acceptors (Lipinski definition) is 3. The minimum absolute atomic E-state index is 0.0761. The van der Waals surface area contributed by atoms with Crippen molar-refractivity contribution in [2.24, 2.45) is 5.73 Å². The summed E-state index contributed by atoms with van der Waals surface area (Å²) >= 11 is 5.97. The standard InChI is InChI=1S/C15H16ClN3O/c1-9(11-4-2-3-5-13(11)17)19-14-8-10(16)6-7-12(14)15(18)20/h2-9,19H,17H2,1H3,(H2,18,20). The van der Waals surface area contributed by atoms with E-state index < -0.39 is 5.91 Å². The summed E-state index contributed by atoms with van der Waals surface area (Å²) in [5.41, 5.74) is 13.9. The van der Waals surface area contributed by atoms with Crippen LogP contribution in [0.3, 0.4) is 0 Å². The number of nitrogen functional groups attached to an aromatic ring is 1. The topological polar surface area (TPSA) is 81.1 Å². The van der Waals surface area contributed by atoms with Gasteiger partial charge in [0.25, 0.3) is 5.91 Å². The Morgan fingerprint density at radius 1 is 1.25 bits per heavy atom. The third-order valence-electron chi connectivity index (χ3n) is 3.08. The quantitative estimate of drug-likeness (QED) is 0.756. The molecule has 0 aliphatic heterocycles. The van der Waals surface area contributed by atoms with Crippen molar-refractivity contribution >= 4 is 28.9 Å². The van der Waals surface area contributed by atoms with Gasteiger partial charge in [0.15, 0.2) is 0 Å². The highest BCUT2D eigenvalue weighted by Crippen LogP contribution is 2.27. The summed E-state index contributed by atoms with van der Waals surface area (Å²) in [5, 5.41) is 3.76. The first-order valence-corrected chi connectivity index (χ1v) is 6.57. The van der Waals surface area contributed by atoms with E-state index in [-0.39, 0.29) is 6.04 Å². The Kier molecular flexibility index (Phi) is 4.15. The van der Waals surface area contributed by atoms with E-state index in [2.05, 4.69) is 5.32 Å². The molecule has 5 N–H and O–H groups in total. The molecule has 0 aliphatic rings. The molecule has 0 heterocycles. The van der Waals surface area contributed by atoms with Crippen LogP contribution in [0.25, 0.3) is 0 Å². The predicted octanol–water partition coefficient (Wildman–Crippen LogP) is 3.19. The summed E-state index contributed by atoms with van der Waals surface area (Å²) < 4.78 is 0. The van der Waals surface area contributed by atoms with Gasteiger partial charge in [0.05, 0.1) is 11.6 Å². The van der Waals surface area contributed by atoms with E-state index in [0.717, 1.165) is 5.56 Å². The van der Waals surface area contributed by atoms with Gasteiger partial charge in [-0.2, -0.15) is 0 Å². The van der Waals surface area contributed by atoms with Crippen LogP contribution in [-0.2, 0) is 0 Å². The van der Waals surface area contributed by atoms with E-state index in [1.165, 1.54) is 0 Å². The summed E-state index contributed by atoms with van der Waals surface area (Å²) in [5.74, 6) is -0.502. The van der Waals surface area contributed by atoms with Gasteiger partial charge in [-0.1, -0.05) is 29.8 Å². The van der Waals surface area contributed by atoms with Crippen LogP contribution < -0.4 is 16.8 Å². The lowest BCUT2D eigenvalue weighted by atomic mass is 10.0. The molecular formula is C15H16ClN3O. The fourth-order valence-corrected chi connectivity index (χ4v) is 2.24. The molecule has 2 aromatic rings. The number of para-hydroxylation sites is 1. The van der Waals surface area contributed by atoms with Gasteiger partial charge >= 0.3 is 0 Å². The number of benzene rings is 2. The second-order valence-electron chi connectivity index (χ2n) is 4.55. The molecule has 0 saturated carbocycles. The zero-order chi connectivity index (χ0) is 14.7. The average molecular weight is 290 g/mol. The summed E-state index contributed by atoms with van der Waals surface area (Å²) in [4.78, 5) is 11.4. The maximum absolute atomic E-state index is 11.4. The average Bonchev–Trinajstić information content (AvgIpc) is 2.38. The van der Waals surface area contributed by atoms with Crippen molar-refractivity contribution < 1.29 is 4.79 Å². The molecule has 5 heteroatoms. The SMILES string of the molecule is CC(Nc1cc(Cl)ccc1C(N)=O)c1ccccc1N. The molecule has 1 atom stereocenters. The Morgan fingerprint density at radius 3 is 2.60 bits per heavy atom. The smallest absolute Gasteiger partial charge is 0.250 e. The number of halogens is 1. The minimum Gasteiger partial charge on any atom is -0.398 e. The van der Waals surface area contributed by atoms with Gasteiger partial charge in [-0.15, -0.1) is 0 Å². The minimum atomic E-state index is -0.502. The molecule has 0 spiro atoms. The number of nitrogens with two attached hydrogens (primary N) is 2. The van der Waals surface area contributed by atoms with Gasteiger partial charge in [0.2, 0.25) is 0 Å². The second-order valence-corrected chi connectivity index (χ2v) is 4.99. The molecule has 0 aromatic heterocycles. The maximum atomic E-state index is 11.4. The summed E-state index contributed by atoms with van der Waals surface area (Å²) in [7, 11) is 0. The predicted molar refractivity (Wildman–Crippen MR) is 82.9 cm³/mol. The number of nitrogens with one attached hydrogen (secondary N) is 1. The molecule has 0 saturated heterocycles. The first-order chi connectivity index (χ1) is 9.49. The molecule has 4 nitrogen and oxygen atoms in total. The Hall–Kier alpha value is -2.20. The van der Waals surface area contributed by atoms with Crippen LogP contribution in [0.5, 0.6) is 0 Å². The Bertz CT molecular complexity index is 643. The van der Waals surface area contributed by atoms with Gasteiger partial charge in [-0.3, -0.25) is 4.79 Å². The normalized spacial score (nSPS) is 11.9. The van der Waals surface area contributed by atoms with Crippen molar-refractivity contribution in [1.82, 2.24) is 0 Å². The Balaban J connectivity index is 2.32. The van der Waals surface area contributed by atoms with Crippen LogP contribution in [0.4, 0.5) is 11.4 Å². The third kappa shape index (κ3) is 3.03. The van der Waals surface area contributed by atoms with Gasteiger partial charge in [0.1, 0.15) is 0 Å². The van der Waals surface area contributed by atoms with E-state index in [0.29, 0.717) is 22.0 Å². The third-order valence-corrected chi connectivity index (χ3v) is 3.32. The fourth-order valence-electron chi connectivity index (χ4n) is 2.07. The van der Waals surface area contributed by atoms with Gasteiger partial charge in [-0.05, 0) is 36.8 Å². The lowest BCUT2D eigenvalue weighted by molar-refractivity contribution is 0.100. The first kappa shape index (κ1) is 14.2. The van der Waals surface area contributed by atoms with Crippen LogP contribution in [-0.4, -0.2) is 5.91 Å². The van der Waals surface area contributed by atoms with E-state index in [1.807, 2.05) is 31.2 Å². The molecule has 0 bridgehead atoms. The van der Waals surface area contributed by atoms with Crippen molar-refractivity contribution in [3.05, 3.63) is 58.6 Å². The molecular weight excluding hydrogens is 274 g/mol. The highest BCUT2D eigenvalue weighted by atomic mass is 35.5. The molecule has 20 heavy (non-hydrogen) atoms. The number of rotatable bonds is 4. The highest BCUT2D eigenvalue weighted by Gasteiger charge is 2.13. The summed E-state index contributed by atoms with van der Waals surface area (Å²) in [6.45, 7) is 1.96. The lowest BCUT2D eigenvalue weighted by Gasteiger charge is -2.19.